The number of rotatable bonds is 3. The second kappa shape index (κ2) is 6.40. The molecule has 3 rings (SSSR count). The van der Waals surface area contributed by atoms with E-state index in [1.807, 2.05) is 24.3 Å². The minimum atomic E-state index is 0.182. The molecule has 1 fully saturated rings. The van der Waals surface area contributed by atoms with E-state index in [4.69, 9.17) is 10.2 Å². The predicted molar refractivity (Wildman–Crippen MR) is 81.5 cm³/mol. The van der Waals surface area contributed by atoms with Crippen molar-refractivity contribution < 1.29 is 4.42 Å². The molecule has 1 aromatic carbocycles. The molecule has 0 amide bonds. The Bertz CT molecular complexity index is 508. The third kappa shape index (κ3) is 3.21. The molecular weight excluding hydrogens is 248 g/mol. The van der Waals surface area contributed by atoms with Crippen molar-refractivity contribution in [2.24, 2.45) is 11.7 Å². The van der Waals surface area contributed by atoms with Crippen LogP contribution in [0, 0.1) is 5.92 Å². The molecule has 0 radical (unpaired) electrons. The Morgan fingerprint density at radius 1 is 1.10 bits per heavy atom. The molecular formula is C17H24N2O. The fraction of sp³-hybridized carbons (Fsp3) is 0.588. The highest BCUT2D eigenvalue weighted by Gasteiger charge is 2.21. The Kier molecular flexibility index (Phi) is 4.36. The fourth-order valence-corrected chi connectivity index (χ4v) is 3.29. The monoisotopic (exact) mass is 272 g/mol. The number of nitrogens with two attached hydrogens (primary N) is 1. The summed E-state index contributed by atoms with van der Waals surface area (Å²) in [6.07, 6.45) is 10.1. The molecule has 2 N–H and O–H groups in total. The first-order chi connectivity index (χ1) is 9.83. The van der Waals surface area contributed by atoms with Crippen LogP contribution in [0.25, 0.3) is 11.1 Å². The molecule has 1 unspecified atom stereocenters. The maximum atomic E-state index is 6.42. The van der Waals surface area contributed by atoms with Gasteiger partial charge in [0, 0.05) is 12.5 Å². The topological polar surface area (TPSA) is 52.0 Å². The van der Waals surface area contributed by atoms with E-state index < -0.39 is 0 Å². The molecule has 1 aliphatic rings. The first-order valence-corrected chi connectivity index (χ1v) is 7.93. The van der Waals surface area contributed by atoms with Gasteiger partial charge in [0.1, 0.15) is 5.52 Å². The van der Waals surface area contributed by atoms with Crippen molar-refractivity contribution in [1.82, 2.24) is 4.98 Å². The first kappa shape index (κ1) is 13.6. The van der Waals surface area contributed by atoms with E-state index in [-0.39, 0.29) is 6.04 Å². The van der Waals surface area contributed by atoms with Gasteiger partial charge in [-0.25, -0.2) is 4.98 Å². The van der Waals surface area contributed by atoms with Crippen LogP contribution in [0.5, 0.6) is 0 Å². The number of para-hydroxylation sites is 2. The highest BCUT2D eigenvalue weighted by atomic mass is 16.3. The normalized spacial score (nSPS) is 19.6. The average molecular weight is 272 g/mol. The van der Waals surface area contributed by atoms with Crippen molar-refractivity contribution in [2.75, 3.05) is 0 Å². The summed E-state index contributed by atoms with van der Waals surface area (Å²) >= 11 is 0. The van der Waals surface area contributed by atoms with E-state index in [0.717, 1.165) is 23.4 Å². The van der Waals surface area contributed by atoms with E-state index in [9.17, 15) is 0 Å². The summed E-state index contributed by atoms with van der Waals surface area (Å²) < 4.78 is 5.79. The third-order valence-corrected chi connectivity index (χ3v) is 4.50. The van der Waals surface area contributed by atoms with Gasteiger partial charge in [-0.15, -0.1) is 0 Å². The molecule has 1 heterocycles. The Morgan fingerprint density at radius 2 is 1.80 bits per heavy atom. The van der Waals surface area contributed by atoms with Crippen molar-refractivity contribution in [3.05, 3.63) is 30.2 Å². The lowest BCUT2D eigenvalue weighted by Gasteiger charge is -2.24. The quantitative estimate of drug-likeness (QED) is 0.916. The predicted octanol–water partition coefficient (Wildman–Crippen LogP) is 4.06. The molecule has 0 saturated heterocycles. The van der Waals surface area contributed by atoms with Crippen molar-refractivity contribution >= 4 is 11.1 Å². The molecule has 1 saturated carbocycles. The Morgan fingerprint density at radius 3 is 2.55 bits per heavy atom. The fourth-order valence-electron chi connectivity index (χ4n) is 3.29. The van der Waals surface area contributed by atoms with E-state index in [1.54, 1.807) is 0 Å². The number of hydrogen-bond donors (Lipinski definition) is 1. The summed E-state index contributed by atoms with van der Waals surface area (Å²) in [7, 11) is 0. The van der Waals surface area contributed by atoms with Gasteiger partial charge >= 0.3 is 0 Å². The number of aromatic nitrogens is 1. The zero-order chi connectivity index (χ0) is 13.8. The molecule has 0 spiro atoms. The van der Waals surface area contributed by atoms with Gasteiger partial charge in [-0.05, 0) is 30.9 Å². The van der Waals surface area contributed by atoms with Gasteiger partial charge in [-0.2, -0.15) is 0 Å². The van der Waals surface area contributed by atoms with Gasteiger partial charge in [-0.1, -0.05) is 44.2 Å². The molecule has 0 bridgehead atoms. The number of hydrogen-bond acceptors (Lipinski definition) is 3. The molecule has 3 nitrogen and oxygen atoms in total. The van der Waals surface area contributed by atoms with Gasteiger partial charge in [0.2, 0.25) is 0 Å². The Labute approximate surface area is 120 Å². The number of fused-ring (bicyclic) bond motifs is 1. The zero-order valence-corrected chi connectivity index (χ0v) is 12.1. The number of nitrogens with zero attached hydrogens (tertiary/aromatic N) is 1. The van der Waals surface area contributed by atoms with E-state index in [1.165, 1.54) is 44.9 Å². The minimum absolute atomic E-state index is 0.182. The van der Waals surface area contributed by atoms with Crippen LogP contribution in [-0.2, 0) is 6.42 Å². The van der Waals surface area contributed by atoms with Gasteiger partial charge in [0.15, 0.2) is 11.5 Å². The van der Waals surface area contributed by atoms with E-state index in [2.05, 4.69) is 4.98 Å². The standard InChI is InChI=1S/C17H24N2O/c18-14(13-8-4-2-1-3-5-9-13)12-17-19-15-10-6-7-11-16(15)20-17/h6-7,10-11,13-14H,1-5,8-9,12,18H2. The van der Waals surface area contributed by atoms with Crippen LogP contribution in [0.2, 0.25) is 0 Å². The molecule has 2 aromatic rings. The van der Waals surface area contributed by atoms with Gasteiger partial charge < -0.3 is 10.2 Å². The maximum Gasteiger partial charge on any atom is 0.197 e. The third-order valence-electron chi connectivity index (χ3n) is 4.50. The number of benzene rings is 1. The SMILES string of the molecule is NC(Cc1nc2ccccc2o1)C1CCCCCCC1. The van der Waals surface area contributed by atoms with E-state index >= 15 is 0 Å². The van der Waals surface area contributed by atoms with Crippen LogP contribution < -0.4 is 5.73 Å². The Balaban J connectivity index is 1.66. The van der Waals surface area contributed by atoms with Crippen LogP contribution in [0.4, 0.5) is 0 Å². The second-order valence-corrected chi connectivity index (χ2v) is 6.05. The van der Waals surface area contributed by atoms with Crippen molar-refractivity contribution in [2.45, 2.75) is 57.4 Å². The smallest absolute Gasteiger partial charge is 0.197 e. The summed E-state index contributed by atoms with van der Waals surface area (Å²) in [5.74, 6) is 1.42. The zero-order valence-electron chi connectivity index (χ0n) is 12.1. The largest absolute Gasteiger partial charge is 0.441 e. The second-order valence-electron chi connectivity index (χ2n) is 6.05. The molecule has 0 aliphatic heterocycles. The number of oxazole rings is 1. The summed E-state index contributed by atoms with van der Waals surface area (Å²) in [6, 6.07) is 8.10. The Hall–Kier alpha value is -1.35. The van der Waals surface area contributed by atoms with Crippen LogP contribution >= 0.6 is 0 Å². The van der Waals surface area contributed by atoms with Gasteiger partial charge in [-0.3, -0.25) is 0 Å². The van der Waals surface area contributed by atoms with Crippen LogP contribution in [0.1, 0.15) is 50.8 Å². The molecule has 1 aromatic heterocycles. The highest BCUT2D eigenvalue weighted by molar-refractivity contribution is 5.72. The minimum Gasteiger partial charge on any atom is -0.441 e. The van der Waals surface area contributed by atoms with Crippen molar-refractivity contribution in [3.8, 4) is 0 Å². The lowest BCUT2D eigenvalue weighted by molar-refractivity contribution is 0.310. The van der Waals surface area contributed by atoms with Crippen molar-refractivity contribution in [1.29, 1.82) is 0 Å². The summed E-state index contributed by atoms with van der Waals surface area (Å²) in [4.78, 5) is 4.54. The lowest BCUT2D eigenvalue weighted by Crippen LogP contribution is -2.32. The molecule has 20 heavy (non-hydrogen) atoms. The summed E-state index contributed by atoms with van der Waals surface area (Å²) in [5.41, 5.74) is 8.23. The molecule has 1 aliphatic carbocycles. The molecule has 1 atom stereocenters. The van der Waals surface area contributed by atoms with Crippen LogP contribution in [0.3, 0.4) is 0 Å². The van der Waals surface area contributed by atoms with Crippen LogP contribution in [-0.4, -0.2) is 11.0 Å². The van der Waals surface area contributed by atoms with E-state index in [0.29, 0.717) is 5.92 Å². The lowest BCUT2D eigenvalue weighted by atomic mass is 9.85. The first-order valence-electron chi connectivity index (χ1n) is 7.93. The summed E-state index contributed by atoms with van der Waals surface area (Å²) in [6.45, 7) is 0. The molecule has 108 valence electrons. The van der Waals surface area contributed by atoms with Gasteiger partial charge in [0.05, 0.1) is 0 Å². The molecule has 3 heteroatoms. The average Bonchev–Trinajstić information content (AvgIpc) is 2.80. The van der Waals surface area contributed by atoms with Gasteiger partial charge in [0.25, 0.3) is 0 Å². The maximum absolute atomic E-state index is 6.42. The highest BCUT2D eigenvalue weighted by Crippen LogP contribution is 2.26. The summed E-state index contributed by atoms with van der Waals surface area (Å²) in [5, 5.41) is 0. The van der Waals surface area contributed by atoms with Crippen molar-refractivity contribution in [3.63, 3.8) is 0 Å². The van der Waals surface area contributed by atoms with Crippen LogP contribution in [0.15, 0.2) is 28.7 Å².